The number of nitrogens with one attached hydrogen (secondary N) is 1. The van der Waals surface area contributed by atoms with Gasteiger partial charge in [0.25, 0.3) is 5.56 Å². The van der Waals surface area contributed by atoms with Gasteiger partial charge in [0, 0.05) is 17.3 Å². The van der Waals surface area contributed by atoms with Gasteiger partial charge in [-0.3, -0.25) is 14.2 Å². The maximum Gasteiger partial charge on any atom is 0.254 e. The Balaban J connectivity index is 1.49. The molecule has 0 aliphatic carbocycles. The summed E-state index contributed by atoms with van der Waals surface area (Å²) < 4.78 is 11.8. The summed E-state index contributed by atoms with van der Waals surface area (Å²) in [7, 11) is 0. The van der Waals surface area contributed by atoms with Crippen molar-refractivity contribution in [3.8, 4) is 28.5 Å². The molecule has 0 saturated carbocycles. The topological polar surface area (TPSA) is 103 Å². The predicted octanol–water partition coefficient (Wildman–Crippen LogP) is 1.98. The number of aromatic nitrogens is 2. The summed E-state index contributed by atoms with van der Waals surface area (Å²) in [6.45, 7) is -0.00190. The van der Waals surface area contributed by atoms with Crippen LogP contribution in [0.3, 0.4) is 0 Å². The van der Waals surface area contributed by atoms with Gasteiger partial charge in [0.05, 0.1) is 12.0 Å². The molecule has 4 rings (SSSR count). The molecule has 1 aromatic heterocycles. The van der Waals surface area contributed by atoms with Crippen molar-refractivity contribution in [3.63, 3.8) is 0 Å². The largest absolute Gasteiger partial charge is 0.508 e. The number of amides is 1. The van der Waals surface area contributed by atoms with Crippen LogP contribution >= 0.6 is 0 Å². The molecule has 3 aromatic rings. The fourth-order valence-corrected chi connectivity index (χ4v) is 2.66. The van der Waals surface area contributed by atoms with Crippen molar-refractivity contribution in [3.05, 3.63) is 65.2 Å². The zero-order chi connectivity index (χ0) is 18.8. The zero-order valence-corrected chi connectivity index (χ0v) is 14.1. The number of nitrogens with zero attached hydrogens (tertiary/aromatic N) is 2. The molecule has 0 radical (unpaired) electrons. The molecular weight excluding hydrogens is 350 g/mol. The van der Waals surface area contributed by atoms with E-state index in [0.29, 0.717) is 22.9 Å². The van der Waals surface area contributed by atoms with E-state index in [-0.39, 0.29) is 30.6 Å². The fraction of sp³-hybridized carbons (Fsp3) is 0.105. The van der Waals surface area contributed by atoms with Crippen molar-refractivity contribution in [1.29, 1.82) is 0 Å². The summed E-state index contributed by atoms with van der Waals surface area (Å²) in [6.07, 6.45) is 1.33. The average molecular weight is 365 g/mol. The lowest BCUT2D eigenvalue weighted by Crippen LogP contribution is -2.27. The minimum absolute atomic E-state index is 0.104. The highest BCUT2D eigenvalue weighted by molar-refractivity contribution is 5.90. The van der Waals surface area contributed by atoms with E-state index in [9.17, 15) is 14.7 Å². The van der Waals surface area contributed by atoms with Gasteiger partial charge in [0.2, 0.25) is 12.7 Å². The van der Waals surface area contributed by atoms with Crippen LogP contribution < -0.4 is 20.3 Å². The number of fused-ring (bicyclic) bond motifs is 1. The van der Waals surface area contributed by atoms with Crippen LogP contribution in [-0.4, -0.2) is 27.4 Å². The lowest BCUT2D eigenvalue weighted by atomic mass is 10.1. The van der Waals surface area contributed by atoms with Crippen molar-refractivity contribution in [2.45, 2.75) is 6.54 Å². The third-order valence-corrected chi connectivity index (χ3v) is 4.01. The second kappa shape index (κ2) is 6.83. The Morgan fingerprint density at radius 2 is 1.89 bits per heavy atom. The molecule has 0 atom stereocenters. The molecule has 8 heteroatoms. The first-order valence-corrected chi connectivity index (χ1v) is 8.14. The monoisotopic (exact) mass is 365 g/mol. The van der Waals surface area contributed by atoms with Gasteiger partial charge in [-0.1, -0.05) is 0 Å². The first-order chi connectivity index (χ1) is 13.1. The van der Waals surface area contributed by atoms with E-state index in [1.807, 2.05) is 0 Å². The van der Waals surface area contributed by atoms with E-state index in [1.165, 1.54) is 29.1 Å². The second-order valence-electron chi connectivity index (χ2n) is 5.90. The highest BCUT2D eigenvalue weighted by atomic mass is 16.7. The first-order valence-electron chi connectivity index (χ1n) is 8.14. The molecule has 2 N–H and O–H groups in total. The Kier molecular flexibility index (Phi) is 4.21. The van der Waals surface area contributed by atoms with Gasteiger partial charge in [0.15, 0.2) is 11.5 Å². The molecule has 8 nitrogen and oxygen atoms in total. The Labute approximate surface area is 153 Å². The molecular formula is C19H15N3O5. The van der Waals surface area contributed by atoms with Crippen molar-refractivity contribution < 1.29 is 19.4 Å². The number of phenols is 1. The van der Waals surface area contributed by atoms with Crippen LogP contribution in [0, 0.1) is 0 Å². The maximum absolute atomic E-state index is 12.3. The van der Waals surface area contributed by atoms with E-state index in [4.69, 9.17) is 9.47 Å². The van der Waals surface area contributed by atoms with Gasteiger partial charge in [-0.25, -0.2) is 4.98 Å². The van der Waals surface area contributed by atoms with Crippen LogP contribution in [0.15, 0.2) is 59.7 Å². The summed E-state index contributed by atoms with van der Waals surface area (Å²) in [5, 5.41) is 11.9. The molecule has 0 saturated heterocycles. The molecule has 0 spiro atoms. The zero-order valence-electron chi connectivity index (χ0n) is 14.1. The van der Waals surface area contributed by atoms with Crippen LogP contribution in [0.1, 0.15) is 0 Å². The number of ether oxygens (including phenoxy) is 2. The number of benzene rings is 2. The number of phenolic OH excluding ortho intramolecular Hbond substituents is 1. The molecule has 0 fully saturated rings. The van der Waals surface area contributed by atoms with Gasteiger partial charge >= 0.3 is 0 Å². The molecule has 136 valence electrons. The Morgan fingerprint density at radius 3 is 2.67 bits per heavy atom. The predicted molar refractivity (Wildman–Crippen MR) is 96.8 cm³/mol. The third-order valence-electron chi connectivity index (χ3n) is 4.01. The fourth-order valence-electron chi connectivity index (χ4n) is 2.66. The van der Waals surface area contributed by atoms with E-state index in [0.717, 1.165) is 5.56 Å². The van der Waals surface area contributed by atoms with Gasteiger partial charge in [-0.15, -0.1) is 0 Å². The number of carbonyl (C=O) groups excluding carboxylic acids is 1. The van der Waals surface area contributed by atoms with Crippen LogP contribution in [0.5, 0.6) is 17.2 Å². The molecule has 1 aliphatic heterocycles. The van der Waals surface area contributed by atoms with Crippen molar-refractivity contribution in [2.24, 2.45) is 0 Å². The smallest absolute Gasteiger partial charge is 0.254 e. The summed E-state index contributed by atoms with van der Waals surface area (Å²) in [5.74, 6) is 0.984. The summed E-state index contributed by atoms with van der Waals surface area (Å²) >= 11 is 0. The number of rotatable bonds is 4. The summed E-state index contributed by atoms with van der Waals surface area (Å²) in [6, 6.07) is 12.7. The van der Waals surface area contributed by atoms with Gasteiger partial charge in [0.1, 0.15) is 12.3 Å². The third kappa shape index (κ3) is 3.59. The highest BCUT2D eigenvalue weighted by Crippen LogP contribution is 2.35. The number of hydrogen-bond acceptors (Lipinski definition) is 6. The van der Waals surface area contributed by atoms with Crippen molar-refractivity contribution in [2.75, 3.05) is 12.1 Å². The molecule has 0 unspecified atom stereocenters. The highest BCUT2D eigenvalue weighted by Gasteiger charge is 2.15. The lowest BCUT2D eigenvalue weighted by molar-refractivity contribution is -0.116. The second-order valence-corrected chi connectivity index (χ2v) is 5.90. The molecule has 2 heterocycles. The summed E-state index contributed by atoms with van der Waals surface area (Å²) in [4.78, 5) is 28.7. The normalized spacial score (nSPS) is 12.0. The minimum Gasteiger partial charge on any atom is -0.508 e. The standard InChI is InChI=1S/C19H15N3O5/c23-14-4-2-13(3-5-14)21-18(24)9-22-10-20-15(8-19(22)25)12-1-6-16-17(7-12)27-11-26-16/h1-8,10,23H,9,11H2,(H,21,24). The minimum atomic E-state index is -0.375. The van der Waals surface area contributed by atoms with Crippen molar-refractivity contribution in [1.82, 2.24) is 9.55 Å². The first kappa shape index (κ1) is 16.6. The molecule has 27 heavy (non-hydrogen) atoms. The number of aromatic hydroxyl groups is 1. The number of carbonyl (C=O) groups is 1. The Bertz CT molecular complexity index is 1060. The molecule has 0 bridgehead atoms. The van der Waals surface area contributed by atoms with E-state index in [2.05, 4.69) is 10.3 Å². The quantitative estimate of drug-likeness (QED) is 0.686. The maximum atomic E-state index is 12.3. The average Bonchev–Trinajstić information content (AvgIpc) is 3.13. The molecule has 1 amide bonds. The van der Waals surface area contributed by atoms with Gasteiger partial charge < -0.3 is 19.9 Å². The Hall–Kier alpha value is -3.81. The van der Waals surface area contributed by atoms with Crippen LogP contribution in [0.4, 0.5) is 5.69 Å². The SMILES string of the molecule is O=C(Cn1cnc(-c2ccc3c(c2)OCO3)cc1=O)Nc1ccc(O)cc1. The van der Waals surface area contributed by atoms with E-state index >= 15 is 0 Å². The molecule has 2 aromatic carbocycles. The van der Waals surface area contributed by atoms with Crippen molar-refractivity contribution >= 4 is 11.6 Å². The van der Waals surface area contributed by atoms with Crippen LogP contribution in [0.25, 0.3) is 11.3 Å². The van der Waals surface area contributed by atoms with Gasteiger partial charge in [-0.05, 0) is 42.5 Å². The van der Waals surface area contributed by atoms with E-state index in [1.54, 1.807) is 30.3 Å². The number of anilines is 1. The van der Waals surface area contributed by atoms with E-state index < -0.39 is 0 Å². The van der Waals surface area contributed by atoms with Crippen LogP contribution in [-0.2, 0) is 11.3 Å². The van der Waals surface area contributed by atoms with Crippen LogP contribution in [0.2, 0.25) is 0 Å². The van der Waals surface area contributed by atoms with Gasteiger partial charge in [-0.2, -0.15) is 0 Å². The lowest BCUT2D eigenvalue weighted by Gasteiger charge is -2.08. The molecule has 1 aliphatic rings. The Morgan fingerprint density at radius 1 is 1.11 bits per heavy atom. The number of hydrogen-bond donors (Lipinski definition) is 2. The summed E-state index contributed by atoms with van der Waals surface area (Å²) in [5.41, 5.74) is 1.37.